The molecule has 0 atom stereocenters. The number of nitro benzene ring substituents is 1. The van der Waals surface area contributed by atoms with Gasteiger partial charge in [0.25, 0.3) is 11.6 Å². The highest BCUT2D eigenvalue weighted by atomic mass is 16.6. The molecular formula is C29H23N3O5. The van der Waals surface area contributed by atoms with Crippen molar-refractivity contribution in [2.45, 2.75) is 20.1 Å². The molecule has 1 aliphatic rings. The Bertz CT molecular complexity index is 1540. The van der Waals surface area contributed by atoms with Gasteiger partial charge in [0.05, 0.1) is 11.5 Å². The van der Waals surface area contributed by atoms with E-state index in [4.69, 9.17) is 4.74 Å². The molecule has 4 aromatic carbocycles. The molecule has 1 N–H and O–H groups in total. The van der Waals surface area contributed by atoms with Crippen LogP contribution in [0.15, 0.2) is 90.6 Å². The molecule has 1 fully saturated rings. The first-order valence-corrected chi connectivity index (χ1v) is 11.7. The molecule has 1 heterocycles. The van der Waals surface area contributed by atoms with Crippen LogP contribution in [0.3, 0.4) is 0 Å². The molecule has 1 saturated heterocycles. The summed E-state index contributed by atoms with van der Waals surface area (Å²) in [5.74, 6) is 0.100. The number of carbonyl (C=O) groups is 2. The number of carbonyl (C=O) groups excluding carboxylic acids is 2. The normalized spacial score (nSPS) is 14.3. The Morgan fingerprint density at radius 1 is 0.919 bits per heavy atom. The first kappa shape index (κ1) is 23.7. The molecule has 8 heteroatoms. The van der Waals surface area contributed by atoms with Crippen molar-refractivity contribution in [3.8, 4) is 5.75 Å². The second kappa shape index (κ2) is 9.94. The molecule has 5 rings (SSSR count). The van der Waals surface area contributed by atoms with Crippen LogP contribution in [0.2, 0.25) is 0 Å². The van der Waals surface area contributed by atoms with Crippen molar-refractivity contribution in [1.82, 2.24) is 10.2 Å². The van der Waals surface area contributed by atoms with Crippen molar-refractivity contribution < 1.29 is 19.2 Å². The Kier molecular flexibility index (Phi) is 6.38. The number of nitrogens with one attached hydrogen (secondary N) is 1. The summed E-state index contributed by atoms with van der Waals surface area (Å²) < 4.78 is 6.09. The summed E-state index contributed by atoms with van der Waals surface area (Å²) in [5, 5.41) is 15.4. The van der Waals surface area contributed by atoms with Gasteiger partial charge in [-0.05, 0) is 53.1 Å². The molecule has 37 heavy (non-hydrogen) atoms. The number of nitrogens with zero attached hydrogens (tertiary/aromatic N) is 2. The molecule has 0 saturated carbocycles. The summed E-state index contributed by atoms with van der Waals surface area (Å²) >= 11 is 0. The molecule has 0 bridgehead atoms. The number of fused-ring (bicyclic) bond motifs is 1. The van der Waals surface area contributed by atoms with Gasteiger partial charge < -0.3 is 10.1 Å². The van der Waals surface area contributed by atoms with E-state index in [0.717, 1.165) is 27.5 Å². The van der Waals surface area contributed by atoms with E-state index >= 15 is 0 Å². The van der Waals surface area contributed by atoms with Gasteiger partial charge in [0.15, 0.2) is 0 Å². The highest BCUT2D eigenvalue weighted by molar-refractivity contribution is 6.14. The van der Waals surface area contributed by atoms with Crippen LogP contribution in [-0.4, -0.2) is 21.8 Å². The molecule has 184 valence electrons. The van der Waals surface area contributed by atoms with Crippen molar-refractivity contribution in [3.05, 3.63) is 123 Å². The van der Waals surface area contributed by atoms with Crippen molar-refractivity contribution in [3.63, 3.8) is 0 Å². The maximum atomic E-state index is 13.2. The van der Waals surface area contributed by atoms with Gasteiger partial charge in [0, 0.05) is 17.7 Å². The van der Waals surface area contributed by atoms with Crippen molar-refractivity contribution in [2.24, 2.45) is 0 Å². The number of rotatable bonds is 7. The third kappa shape index (κ3) is 5.04. The van der Waals surface area contributed by atoms with E-state index in [1.54, 1.807) is 18.2 Å². The topological polar surface area (TPSA) is 102 Å². The number of imide groups is 1. The smallest absolute Gasteiger partial charge is 0.329 e. The van der Waals surface area contributed by atoms with Crippen LogP contribution in [-0.2, 0) is 17.9 Å². The van der Waals surface area contributed by atoms with Gasteiger partial charge in [-0.1, -0.05) is 60.2 Å². The standard InChI is InChI=1S/C29H23N3O5/c1-19-6-8-20(9-7-19)17-31-28(33)26(30-29(31)34)16-25-24-5-3-2-4-22(24)12-15-27(25)37-18-21-10-13-23(14-11-21)32(35)36/h2-16H,17-18H2,1H3,(H,30,34)/b26-16+. The molecule has 3 amide bonds. The number of hydrogen-bond acceptors (Lipinski definition) is 5. The monoisotopic (exact) mass is 493 g/mol. The average molecular weight is 494 g/mol. The molecule has 0 spiro atoms. The van der Waals surface area contributed by atoms with E-state index < -0.39 is 16.9 Å². The lowest BCUT2D eigenvalue weighted by Crippen LogP contribution is -2.30. The Morgan fingerprint density at radius 3 is 2.35 bits per heavy atom. The first-order chi connectivity index (χ1) is 17.9. The zero-order valence-corrected chi connectivity index (χ0v) is 20.0. The Hall–Kier alpha value is -4.98. The van der Waals surface area contributed by atoms with Gasteiger partial charge in [-0.15, -0.1) is 0 Å². The molecule has 0 aromatic heterocycles. The minimum Gasteiger partial charge on any atom is -0.488 e. The largest absolute Gasteiger partial charge is 0.488 e. The number of urea groups is 1. The molecular weight excluding hydrogens is 470 g/mol. The van der Waals surface area contributed by atoms with Crippen LogP contribution >= 0.6 is 0 Å². The van der Waals surface area contributed by atoms with Crippen LogP contribution in [0, 0.1) is 17.0 Å². The van der Waals surface area contributed by atoms with Crippen molar-refractivity contribution in [1.29, 1.82) is 0 Å². The molecule has 8 nitrogen and oxygen atoms in total. The van der Waals surface area contributed by atoms with Crippen LogP contribution in [0.4, 0.5) is 10.5 Å². The molecule has 4 aromatic rings. The fourth-order valence-electron chi connectivity index (χ4n) is 4.16. The summed E-state index contributed by atoms with van der Waals surface area (Å²) in [4.78, 5) is 37.5. The van der Waals surface area contributed by atoms with Gasteiger partial charge >= 0.3 is 6.03 Å². The number of hydrogen-bond donors (Lipinski definition) is 1. The van der Waals surface area contributed by atoms with Crippen LogP contribution in [0.5, 0.6) is 5.75 Å². The number of amides is 3. The van der Waals surface area contributed by atoms with Gasteiger partial charge in [-0.25, -0.2) is 4.79 Å². The zero-order valence-electron chi connectivity index (χ0n) is 20.0. The number of ether oxygens (including phenoxy) is 1. The van der Waals surface area contributed by atoms with Gasteiger partial charge in [-0.3, -0.25) is 19.8 Å². The van der Waals surface area contributed by atoms with Gasteiger partial charge in [0.1, 0.15) is 18.1 Å². The minimum absolute atomic E-state index is 0.00514. The number of benzene rings is 4. The number of nitro groups is 1. The molecule has 1 aliphatic heterocycles. The second-order valence-corrected chi connectivity index (χ2v) is 8.78. The zero-order chi connectivity index (χ0) is 25.9. The summed E-state index contributed by atoms with van der Waals surface area (Å²) in [7, 11) is 0. The lowest BCUT2D eigenvalue weighted by Gasteiger charge is -2.13. The average Bonchev–Trinajstić information content (AvgIpc) is 3.17. The number of aryl methyl sites for hydroxylation is 1. The van der Waals surface area contributed by atoms with Gasteiger partial charge in [0.2, 0.25) is 0 Å². The first-order valence-electron chi connectivity index (χ1n) is 11.7. The summed E-state index contributed by atoms with van der Waals surface area (Å²) in [6.07, 6.45) is 1.64. The third-order valence-electron chi connectivity index (χ3n) is 6.18. The van der Waals surface area contributed by atoms with E-state index in [2.05, 4.69) is 5.32 Å². The lowest BCUT2D eigenvalue weighted by molar-refractivity contribution is -0.384. The Labute approximate surface area is 212 Å². The predicted molar refractivity (Wildman–Crippen MR) is 140 cm³/mol. The molecule has 0 radical (unpaired) electrons. The van der Waals surface area contributed by atoms with Crippen LogP contribution in [0.25, 0.3) is 16.8 Å². The Morgan fingerprint density at radius 2 is 1.62 bits per heavy atom. The van der Waals surface area contributed by atoms with E-state index in [0.29, 0.717) is 11.3 Å². The van der Waals surface area contributed by atoms with E-state index in [1.165, 1.54) is 17.0 Å². The highest BCUT2D eigenvalue weighted by Gasteiger charge is 2.33. The Balaban J connectivity index is 1.44. The van der Waals surface area contributed by atoms with Crippen molar-refractivity contribution in [2.75, 3.05) is 0 Å². The van der Waals surface area contributed by atoms with E-state index in [1.807, 2.05) is 67.6 Å². The predicted octanol–water partition coefficient (Wildman–Crippen LogP) is 5.73. The van der Waals surface area contributed by atoms with E-state index in [9.17, 15) is 19.7 Å². The maximum Gasteiger partial charge on any atom is 0.329 e. The molecule has 0 unspecified atom stereocenters. The minimum atomic E-state index is -0.481. The fourth-order valence-corrected chi connectivity index (χ4v) is 4.16. The van der Waals surface area contributed by atoms with Crippen molar-refractivity contribution >= 4 is 34.5 Å². The quantitative estimate of drug-likeness (QED) is 0.153. The number of non-ortho nitro benzene ring substituents is 1. The summed E-state index contributed by atoms with van der Waals surface area (Å²) in [5.41, 5.74) is 3.53. The van der Waals surface area contributed by atoms with Crippen LogP contribution in [0.1, 0.15) is 22.3 Å². The molecule has 0 aliphatic carbocycles. The van der Waals surface area contributed by atoms with Crippen LogP contribution < -0.4 is 10.1 Å². The van der Waals surface area contributed by atoms with Gasteiger partial charge in [-0.2, -0.15) is 0 Å². The highest BCUT2D eigenvalue weighted by Crippen LogP contribution is 2.32. The third-order valence-corrected chi connectivity index (χ3v) is 6.18. The fraction of sp³-hybridized carbons (Fsp3) is 0.103. The lowest BCUT2D eigenvalue weighted by atomic mass is 10.0. The SMILES string of the molecule is Cc1ccc(CN2C(=O)N/C(=C/c3c(OCc4ccc([N+](=O)[O-])cc4)ccc4ccccc34)C2=O)cc1. The summed E-state index contributed by atoms with van der Waals surface area (Å²) in [6.45, 7) is 2.32. The maximum absolute atomic E-state index is 13.2. The summed E-state index contributed by atoms with van der Waals surface area (Å²) in [6, 6.07) is 24.7. The second-order valence-electron chi connectivity index (χ2n) is 8.78. The van der Waals surface area contributed by atoms with E-state index in [-0.39, 0.29) is 24.5 Å².